The molecule has 6 aromatic rings. The molecule has 4 heterocycles. The van der Waals surface area contributed by atoms with Crippen molar-refractivity contribution in [1.29, 1.82) is 0 Å². The van der Waals surface area contributed by atoms with Gasteiger partial charge in [0.2, 0.25) is 0 Å². The normalized spacial score (nSPS) is 13.8. The number of nitro groups is 1. The zero-order chi connectivity index (χ0) is 60.2. The van der Waals surface area contributed by atoms with Gasteiger partial charge in [-0.1, -0.05) is 24.3 Å². The van der Waals surface area contributed by atoms with E-state index in [-0.39, 0.29) is 93.0 Å². The quantitative estimate of drug-likeness (QED) is 0.0277. The Morgan fingerprint density at radius 3 is 1.39 bits per heavy atom. The number of H-pyrrole nitrogens is 2. The molecule has 2 amide bonds. The van der Waals surface area contributed by atoms with Crippen molar-refractivity contribution in [2.75, 3.05) is 58.7 Å². The molecule has 2 atom stereocenters. The average molecular weight is 1320 g/mol. The molecule has 2 aliphatic heterocycles. The number of carbonyl (C=O) groups excluding carboxylic acids is 5. The van der Waals surface area contributed by atoms with Gasteiger partial charge in [0.1, 0.15) is 39.6 Å². The van der Waals surface area contributed by atoms with Crippen molar-refractivity contribution in [3.63, 3.8) is 0 Å². The Bertz CT molecular complexity index is 3140. The van der Waals surface area contributed by atoms with Gasteiger partial charge in [0.15, 0.2) is 0 Å². The van der Waals surface area contributed by atoms with Crippen LogP contribution < -0.4 is 46.8 Å². The molecule has 0 aliphatic carbocycles. The number of halogens is 2. The number of rotatable bonds is 7. The molecular weight excluding hydrogens is 1250 g/mol. The van der Waals surface area contributed by atoms with E-state index in [0.717, 1.165) is 38.3 Å². The number of carboxylic acids is 1. The van der Waals surface area contributed by atoms with Gasteiger partial charge >= 0.3 is 102 Å². The molecule has 448 valence electrons. The predicted octanol–water partition coefficient (Wildman–Crippen LogP) is 4.97. The summed E-state index contributed by atoms with van der Waals surface area (Å²) >= 11 is -0.826. The molecule has 0 unspecified atom stereocenters. The summed E-state index contributed by atoms with van der Waals surface area (Å²) < 4.78 is 24.7. The van der Waals surface area contributed by atoms with Crippen LogP contribution in [-0.4, -0.2) is 164 Å². The van der Waals surface area contributed by atoms with Crippen molar-refractivity contribution in [2.24, 2.45) is 0 Å². The van der Waals surface area contributed by atoms with E-state index < -0.39 is 58.9 Å². The van der Waals surface area contributed by atoms with Crippen LogP contribution in [-0.2, 0) is 23.7 Å². The molecule has 31 heteroatoms. The number of nitro benzene ring substituents is 1. The fraction of sp³-hybridized carbons (Fsp3) is 0.385. The first kappa shape index (κ1) is 76.3. The Kier molecular flexibility index (Phi) is 32.6. The van der Waals surface area contributed by atoms with E-state index in [9.17, 15) is 44.0 Å². The molecule has 2 aromatic heterocycles. The number of hydrogen-bond donors (Lipinski definition) is 7. The van der Waals surface area contributed by atoms with Crippen LogP contribution in [0.25, 0.3) is 22.1 Å². The van der Waals surface area contributed by atoms with Gasteiger partial charge < -0.3 is 72.0 Å². The molecular formula is C52H69Cl2N10NaO17Sn. The van der Waals surface area contributed by atoms with E-state index in [2.05, 4.69) is 29.4 Å². The van der Waals surface area contributed by atoms with E-state index in [0.29, 0.717) is 58.1 Å². The maximum atomic E-state index is 12.5. The zero-order valence-electron chi connectivity index (χ0n) is 47.7. The van der Waals surface area contributed by atoms with Crippen molar-refractivity contribution in [3.05, 3.63) is 117 Å². The number of carbonyl (C=O) groups is 6. The van der Waals surface area contributed by atoms with Gasteiger partial charge in [-0.25, -0.2) is 38.7 Å². The number of nitrogen functional groups attached to an aromatic ring is 3. The van der Waals surface area contributed by atoms with Gasteiger partial charge in [0, 0.05) is 26.3 Å². The Morgan fingerprint density at radius 1 is 0.651 bits per heavy atom. The summed E-state index contributed by atoms with van der Waals surface area (Å²) in [5, 5.41) is 26.7. The molecule has 83 heavy (non-hydrogen) atoms. The second-order valence-electron chi connectivity index (χ2n) is 19.0. The van der Waals surface area contributed by atoms with E-state index in [1.807, 2.05) is 47.6 Å². The number of esters is 3. The van der Waals surface area contributed by atoms with Crippen molar-refractivity contribution in [2.45, 2.75) is 90.5 Å². The number of nitrogens with one attached hydrogen (secondary N) is 2. The Morgan fingerprint density at radius 2 is 1.00 bits per heavy atom. The standard InChI is InChI=1S/C18H23N3O4.C17H21N3O4.C8H8N2O4.C8H10N2O2.CH4O.2ClH.Na.2H2O.Sn/c1-18(2,3)25-17(23)21-10-6-9-13(21)15-19-12-8-5-7-11(14(12)20-15)16(22)24-4;1-17(2,3)24-16(23)20-9-5-8-12(20)14-18-11-7-4-6-10(15(21)22)13(11)19-14;1-14-8(11)5-3-2-4-6(7(5)9)10(12)13;1-12-8(11)5-3-2-4-6(9)7(5)10;1-2;;;;;;/h5,7-8,13H,6,9-10H2,1-4H3,(H,19,20);4,6-7,12H,5,8-9H2,1-3H3,(H,18,19)(H,21,22);2-4H,9H2,1H3;2-4H,9-10H2,1H3;2H,1H3;2*1H;;2*1H2;/q;;;;;;;+1;;;+2/p-3/t13-;12-;;;;;;;;;/m00........./s1. The summed E-state index contributed by atoms with van der Waals surface area (Å²) in [6.45, 7) is 12.3. The van der Waals surface area contributed by atoms with Gasteiger partial charge in [-0.3, -0.25) is 19.9 Å². The minimum Gasteiger partial charge on any atom is -0.870 e. The largest absolute Gasteiger partial charge is 1.00 e. The first-order valence-corrected chi connectivity index (χ1v) is 31.5. The molecule has 2 fully saturated rings. The summed E-state index contributed by atoms with van der Waals surface area (Å²) in [7, 11) is 14.7. The number of benzene rings is 4. The second kappa shape index (κ2) is 35.4. The number of likely N-dealkylation sites (tertiary alicyclic amines) is 2. The minimum atomic E-state index is -1.02. The third-order valence-corrected chi connectivity index (χ3v) is 11.3. The van der Waals surface area contributed by atoms with E-state index in [1.54, 1.807) is 52.3 Å². The van der Waals surface area contributed by atoms with E-state index >= 15 is 0 Å². The number of ether oxygens (including phenoxy) is 5. The number of fused-ring (bicyclic) bond motifs is 2. The fourth-order valence-electron chi connectivity index (χ4n) is 7.92. The Balaban J connectivity index is 0.00000108. The van der Waals surface area contributed by atoms with E-state index in [4.69, 9.17) is 54.4 Å². The van der Waals surface area contributed by atoms with Crippen molar-refractivity contribution >= 4 is 118 Å². The molecule has 27 nitrogen and oxygen atoms in total. The number of anilines is 3. The van der Waals surface area contributed by atoms with E-state index in [1.165, 1.54) is 45.6 Å². The van der Waals surface area contributed by atoms with Crippen LogP contribution in [0.5, 0.6) is 0 Å². The minimum absolute atomic E-state index is 0. The number of hydrogen-bond acceptors (Lipinski definition) is 20. The summed E-state index contributed by atoms with van der Waals surface area (Å²) in [5.41, 5.74) is 18.7. The van der Waals surface area contributed by atoms with Crippen LogP contribution >= 0.6 is 17.8 Å². The second-order valence-corrected chi connectivity index (χ2v) is 23.2. The number of para-hydroxylation sites is 4. The molecule has 0 spiro atoms. The van der Waals surface area contributed by atoms with Gasteiger partial charge in [-0.05, 0) is 110 Å². The predicted molar refractivity (Wildman–Crippen MR) is 307 cm³/mol. The van der Waals surface area contributed by atoms with Crippen molar-refractivity contribution < 1.29 is 108 Å². The number of aromatic amines is 2. The van der Waals surface area contributed by atoms with Gasteiger partial charge in [-0.15, -0.1) is 0 Å². The number of imidazole rings is 2. The molecule has 13 N–H and O–H groups in total. The monoisotopic (exact) mass is 1320 g/mol. The molecule has 0 bridgehead atoms. The Hall–Kier alpha value is -6.70. The maximum absolute atomic E-state index is 12.5. The number of aromatic nitrogens is 4. The smallest absolute Gasteiger partial charge is 0.870 e. The topological polar surface area (TPSA) is 436 Å². The first-order chi connectivity index (χ1) is 37.7. The third kappa shape index (κ3) is 21.5. The number of aromatic carboxylic acids is 1. The molecule has 2 saturated heterocycles. The van der Waals surface area contributed by atoms with Crippen molar-refractivity contribution in [1.82, 2.24) is 29.7 Å². The molecule has 0 saturated carbocycles. The summed E-state index contributed by atoms with van der Waals surface area (Å²) in [4.78, 5) is 98.8. The average Bonchev–Trinajstić information content (AvgIpc) is 4.26. The third-order valence-electron chi connectivity index (χ3n) is 11.3. The number of aliphatic hydroxyl groups excluding tert-OH is 1. The molecule has 2 aliphatic rings. The first-order valence-electron chi connectivity index (χ1n) is 24.2. The van der Waals surface area contributed by atoms with Crippen LogP contribution in [0, 0.1) is 10.1 Å². The summed E-state index contributed by atoms with van der Waals surface area (Å²) in [5.74, 6) is -1.35. The molecule has 8 rings (SSSR count). The van der Waals surface area contributed by atoms with Gasteiger partial charge in [0.05, 0.1) is 83.0 Å². The molecule has 4 aromatic carbocycles. The SMILES string of the molecule is CC(C)(C)OC(=O)N1CCC[C@H]1c1nc2c(C(=O)O)cccc2[nH]1.CO.COC(=O)c1cccc(N)c1N.COC(=O)c1cccc([N+](=O)[O-])c1N.COC(=O)c1cccc2[nH]c([C@@H]3CCCN3C(=O)OC(C)(C)C)nc12.O.[Cl][Sn][Cl].[Na+].[OH-]. The number of nitrogens with zero attached hydrogens (tertiary/aromatic N) is 5. The number of aliphatic hydroxyl groups is 1. The van der Waals surface area contributed by atoms with Crippen LogP contribution in [0.3, 0.4) is 0 Å². The maximum Gasteiger partial charge on any atom is 1.00 e. The summed E-state index contributed by atoms with van der Waals surface area (Å²) in [6.07, 6.45) is 2.58. The zero-order valence-corrected chi connectivity index (χ0v) is 54.1. The fourth-order valence-corrected chi connectivity index (χ4v) is 7.92. The summed E-state index contributed by atoms with van der Waals surface area (Å²) in [6, 6.07) is 18.7. The van der Waals surface area contributed by atoms with Crippen LogP contribution in [0.1, 0.15) is 132 Å². The van der Waals surface area contributed by atoms with Crippen LogP contribution in [0.2, 0.25) is 0 Å². The number of carboxylic acid groups (broad SMARTS) is 1. The van der Waals surface area contributed by atoms with Crippen LogP contribution in [0.4, 0.5) is 32.3 Å². The number of amides is 2. The van der Waals surface area contributed by atoms with Crippen LogP contribution in [0.15, 0.2) is 72.8 Å². The van der Waals surface area contributed by atoms with Gasteiger partial charge in [0.25, 0.3) is 5.69 Å². The van der Waals surface area contributed by atoms with Gasteiger partial charge in [-0.2, -0.15) is 0 Å². The number of nitrogens with two attached hydrogens (primary N) is 3. The van der Waals surface area contributed by atoms with Crippen molar-refractivity contribution in [3.8, 4) is 0 Å². The Labute approximate surface area is 517 Å². The molecule has 2 radical (unpaired) electrons. The number of methoxy groups -OCH3 is 3.